The van der Waals surface area contributed by atoms with Crippen LogP contribution in [0, 0.1) is 0 Å². The van der Waals surface area contributed by atoms with Crippen LogP contribution in [-0.4, -0.2) is 40.4 Å². The molecule has 6 nitrogen and oxygen atoms in total. The quantitative estimate of drug-likeness (QED) is 0.679. The summed E-state index contributed by atoms with van der Waals surface area (Å²) in [6.07, 6.45) is 1.40. The first-order chi connectivity index (χ1) is 7.74. The molecule has 1 rings (SSSR count). The number of aliphatic hydroxyl groups excluding tert-OH is 1. The summed E-state index contributed by atoms with van der Waals surface area (Å²) in [5, 5.41) is 17.0. The highest BCUT2D eigenvalue weighted by Gasteiger charge is 2.15. The summed E-state index contributed by atoms with van der Waals surface area (Å²) in [5.74, 6) is 0. The summed E-state index contributed by atoms with van der Waals surface area (Å²) in [7, 11) is 1.66. The molecule has 1 atom stereocenters. The van der Waals surface area contributed by atoms with Gasteiger partial charge in [-0.15, -0.1) is 5.10 Å². The Balaban J connectivity index is 2.85. The van der Waals surface area contributed by atoms with E-state index >= 15 is 0 Å². The molecule has 6 heteroatoms. The summed E-state index contributed by atoms with van der Waals surface area (Å²) in [5.41, 5.74) is 7.42. The zero-order valence-electron chi connectivity index (χ0n) is 9.89. The van der Waals surface area contributed by atoms with E-state index in [0.717, 1.165) is 17.8 Å². The molecule has 0 amide bonds. The van der Waals surface area contributed by atoms with Crippen LogP contribution in [0.4, 0.5) is 0 Å². The molecule has 0 aromatic carbocycles. The van der Waals surface area contributed by atoms with Gasteiger partial charge in [-0.05, 0) is 13.3 Å². The van der Waals surface area contributed by atoms with E-state index in [1.807, 2.05) is 11.6 Å². The summed E-state index contributed by atoms with van der Waals surface area (Å²) in [6.45, 7) is 3.14. The Morgan fingerprint density at radius 3 is 2.88 bits per heavy atom. The monoisotopic (exact) mass is 228 g/mol. The zero-order valence-corrected chi connectivity index (χ0v) is 9.89. The van der Waals surface area contributed by atoms with Gasteiger partial charge in [0.15, 0.2) is 0 Å². The second kappa shape index (κ2) is 6.57. The van der Waals surface area contributed by atoms with Crippen LogP contribution in [0.15, 0.2) is 0 Å². The molecular weight excluding hydrogens is 208 g/mol. The smallest absolute Gasteiger partial charge is 0.0995 e. The molecule has 1 unspecified atom stereocenters. The Kier molecular flexibility index (Phi) is 5.37. The average Bonchev–Trinajstić information content (AvgIpc) is 2.69. The first kappa shape index (κ1) is 13.1. The molecule has 0 saturated heterocycles. The van der Waals surface area contributed by atoms with Gasteiger partial charge in [0.1, 0.15) is 0 Å². The standard InChI is InChI=1S/C10H20N4O2/c1-8(3-5-15)14-10(4-6-16-2)9(7-11)12-13-14/h8,15H,3-7,11H2,1-2H3. The van der Waals surface area contributed by atoms with Gasteiger partial charge < -0.3 is 15.6 Å². The third-order valence-electron chi connectivity index (χ3n) is 2.57. The highest BCUT2D eigenvalue weighted by Crippen LogP contribution is 2.15. The van der Waals surface area contributed by atoms with Crippen molar-refractivity contribution in [2.45, 2.75) is 32.4 Å². The van der Waals surface area contributed by atoms with Crippen molar-refractivity contribution in [3.63, 3.8) is 0 Å². The largest absolute Gasteiger partial charge is 0.396 e. The maximum atomic E-state index is 8.92. The number of nitrogens with zero attached hydrogens (tertiary/aromatic N) is 3. The second-order valence-corrected chi connectivity index (χ2v) is 3.74. The maximum Gasteiger partial charge on any atom is 0.0995 e. The van der Waals surface area contributed by atoms with Crippen molar-refractivity contribution in [2.24, 2.45) is 5.73 Å². The normalized spacial score (nSPS) is 13.0. The predicted molar refractivity (Wildman–Crippen MR) is 59.9 cm³/mol. The van der Waals surface area contributed by atoms with E-state index in [9.17, 15) is 0 Å². The van der Waals surface area contributed by atoms with Crippen molar-refractivity contribution in [1.29, 1.82) is 0 Å². The van der Waals surface area contributed by atoms with Crippen molar-refractivity contribution in [3.05, 3.63) is 11.4 Å². The van der Waals surface area contributed by atoms with E-state index in [-0.39, 0.29) is 12.6 Å². The molecule has 0 aliphatic rings. The zero-order chi connectivity index (χ0) is 12.0. The van der Waals surface area contributed by atoms with Crippen LogP contribution in [0.25, 0.3) is 0 Å². The highest BCUT2D eigenvalue weighted by molar-refractivity contribution is 5.11. The Labute approximate surface area is 95.4 Å². The van der Waals surface area contributed by atoms with Crippen LogP contribution >= 0.6 is 0 Å². The van der Waals surface area contributed by atoms with E-state index in [1.165, 1.54) is 0 Å². The molecule has 0 spiro atoms. The number of methoxy groups -OCH3 is 1. The first-order valence-corrected chi connectivity index (χ1v) is 5.47. The number of hydrogen-bond acceptors (Lipinski definition) is 5. The second-order valence-electron chi connectivity index (χ2n) is 3.74. The van der Waals surface area contributed by atoms with E-state index in [4.69, 9.17) is 15.6 Å². The van der Waals surface area contributed by atoms with Crippen molar-refractivity contribution in [3.8, 4) is 0 Å². The first-order valence-electron chi connectivity index (χ1n) is 5.47. The van der Waals surface area contributed by atoms with Crippen molar-refractivity contribution < 1.29 is 9.84 Å². The molecule has 1 aromatic heterocycles. The van der Waals surface area contributed by atoms with Gasteiger partial charge in [-0.25, -0.2) is 4.68 Å². The van der Waals surface area contributed by atoms with Crippen LogP contribution in [0.2, 0.25) is 0 Å². The molecule has 0 fully saturated rings. The van der Waals surface area contributed by atoms with E-state index in [1.54, 1.807) is 7.11 Å². The van der Waals surface area contributed by atoms with Gasteiger partial charge in [0.2, 0.25) is 0 Å². The van der Waals surface area contributed by atoms with Gasteiger partial charge in [-0.1, -0.05) is 5.21 Å². The molecule has 0 aliphatic carbocycles. The number of aliphatic hydroxyl groups is 1. The molecule has 1 aromatic rings. The van der Waals surface area contributed by atoms with E-state index < -0.39 is 0 Å². The Hall–Kier alpha value is -0.980. The number of hydrogen-bond donors (Lipinski definition) is 2. The minimum Gasteiger partial charge on any atom is -0.396 e. The summed E-state index contributed by atoms with van der Waals surface area (Å²) in [4.78, 5) is 0. The summed E-state index contributed by atoms with van der Waals surface area (Å²) >= 11 is 0. The topological polar surface area (TPSA) is 86.2 Å². The van der Waals surface area contributed by atoms with Gasteiger partial charge >= 0.3 is 0 Å². The van der Waals surface area contributed by atoms with Crippen molar-refractivity contribution in [2.75, 3.05) is 20.3 Å². The molecule has 1 heterocycles. The summed E-state index contributed by atoms with van der Waals surface area (Å²) < 4.78 is 6.88. The average molecular weight is 228 g/mol. The number of rotatable bonds is 7. The van der Waals surface area contributed by atoms with Crippen LogP contribution in [-0.2, 0) is 17.7 Å². The van der Waals surface area contributed by atoms with E-state index in [2.05, 4.69) is 10.3 Å². The van der Waals surface area contributed by atoms with Crippen LogP contribution in [0.5, 0.6) is 0 Å². The molecule has 0 saturated carbocycles. The van der Waals surface area contributed by atoms with E-state index in [0.29, 0.717) is 19.6 Å². The van der Waals surface area contributed by atoms with Gasteiger partial charge in [0.05, 0.1) is 24.0 Å². The third-order valence-corrected chi connectivity index (χ3v) is 2.57. The fourth-order valence-corrected chi connectivity index (χ4v) is 1.63. The molecule has 0 aliphatic heterocycles. The molecule has 16 heavy (non-hydrogen) atoms. The fourth-order valence-electron chi connectivity index (χ4n) is 1.63. The lowest BCUT2D eigenvalue weighted by Gasteiger charge is -2.13. The van der Waals surface area contributed by atoms with Gasteiger partial charge in [0, 0.05) is 26.7 Å². The van der Waals surface area contributed by atoms with Crippen LogP contribution in [0.1, 0.15) is 30.8 Å². The van der Waals surface area contributed by atoms with Crippen molar-refractivity contribution in [1.82, 2.24) is 15.0 Å². The molecule has 0 bridgehead atoms. The molecule has 3 N–H and O–H groups in total. The van der Waals surface area contributed by atoms with Gasteiger partial charge in [0.25, 0.3) is 0 Å². The van der Waals surface area contributed by atoms with Gasteiger partial charge in [-0.2, -0.15) is 0 Å². The maximum absolute atomic E-state index is 8.92. The molecule has 92 valence electrons. The Bertz CT molecular complexity index is 314. The molecule has 0 radical (unpaired) electrons. The lowest BCUT2D eigenvalue weighted by molar-refractivity contribution is 0.198. The highest BCUT2D eigenvalue weighted by atomic mass is 16.5. The number of ether oxygens (including phenoxy) is 1. The van der Waals surface area contributed by atoms with Crippen LogP contribution in [0.3, 0.4) is 0 Å². The number of nitrogens with two attached hydrogens (primary N) is 1. The molecular formula is C10H20N4O2. The minimum atomic E-state index is 0.129. The Morgan fingerprint density at radius 1 is 1.56 bits per heavy atom. The Morgan fingerprint density at radius 2 is 2.31 bits per heavy atom. The SMILES string of the molecule is COCCc1c(CN)nnn1C(C)CCO. The predicted octanol–water partition coefficient (Wildman–Crippen LogP) is -0.131. The lowest BCUT2D eigenvalue weighted by atomic mass is 10.2. The van der Waals surface area contributed by atoms with Crippen LogP contribution < -0.4 is 5.73 Å². The minimum absolute atomic E-state index is 0.129. The fraction of sp³-hybridized carbons (Fsp3) is 0.800. The van der Waals surface area contributed by atoms with Gasteiger partial charge in [-0.3, -0.25) is 0 Å². The van der Waals surface area contributed by atoms with Crippen molar-refractivity contribution >= 4 is 0 Å². The summed E-state index contributed by atoms with van der Waals surface area (Å²) in [6, 6.07) is 0.129. The third kappa shape index (κ3) is 3.01. The number of aromatic nitrogens is 3. The lowest BCUT2D eigenvalue weighted by Crippen LogP contribution is -2.15.